The van der Waals surface area contributed by atoms with E-state index in [1.54, 1.807) is 0 Å². The first-order chi connectivity index (χ1) is 17.0. The van der Waals surface area contributed by atoms with Crippen molar-refractivity contribution in [2.45, 2.75) is 71.6 Å². The topological polar surface area (TPSA) is 52.7 Å². The molecule has 2 amide bonds. The highest BCUT2D eigenvalue weighted by Gasteiger charge is 2.26. The molecule has 0 radical (unpaired) electrons. The Balaban J connectivity index is 1.47. The smallest absolute Gasteiger partial charge is 0.256 e. The molecule has 35 heavy (non-hydrogen) atoms. The summed E-state index contributed by atoms with van der Waals surface area (Å²) in [4.78, 5) is 30.7. The molecule has 188 valence electrons. The molecule has 2 fully saturated rings. The van der Waals surface area contributed by atoms with E-state index in [9.17, 15) is 9.59 Å². The number of amides is 2. The van der Waals surface area contributed by atoms with Gasteiger partial charge in [0.1, 0.15) is 0 Å². The Morgan fingerprint density at radius 3 is 2.31 bits per heavy atom. The van der Waals surface area contributed by atoms with Gasteiger partial charge in [-0.05, 0) is 80.3 Å². The van der Waals surface area contributed by atoms with Crippen LogP contribution < -0.4 is 10.2 Å². The van der Waals surface area contributed by atoms with E-state index in [0.29, 0.717) is 16.8 Å². The second-order valence-corrected chi connectivity index (χ2v) is 10.4. The van der Waals surface area contributed by atoms with E-state index in [4.69, 9.17) is 0 Å². The summed E-state index contributed by atoms with van der Waals surface area (Å²) in [5.74, 6) is 0.673. The van der Waals surface area contributed by atoms with Gasteiger partial charge in [-0.3, -0.25) is 9.59 Å². The quantitative estimate of drug-likeness (QED) is 0.419. The van der Waals surface area contributed by atoms with Crippen LogP contribution in [-0.4, -0.2) is 42.9 Å². The third-order valence-electron chi connectivity index (χ3n) is 7.54. The zero-order chi connectivity index (χ0) is 24.6. The maximum atomic E-state index is 13.4. The predicted molar refractivity (Wildman–Crippen MR) is 144 cm³/mol. The number of benzene rings is 2. The van der Waals surface area contributed by atoms with Crippen LogP contribution in [0.3, 0.4) is 0 Å². The fourth-order valence-corrected chi connectivity index (χ4v) is 5.18. The molecular weight excluding hydrogens is 434 g/mol. The molecule has 1 N–H and O–H groups in total. The second kappa shape index (κ2) is 12.2. The highest BCUT2D eigenvalue weighted by Crippen LogP contribution is 2.30. The summed E-state index contributed by atoms with van der Waals surface area (Å²) in [7, 11) is 0. The number of likely N-dealkylation sites (tertiary alicyclic amines) is 1. The molecule has 0 unspecified atom stereocenters. The van der Waals surface area contributed by atoms with E-state index >= 15 is 0 Å². The number of piperidine rings is 1. The Kier molecular flexibility index (Phi) is 8.84. The van der Waals surface area contributed by atoms with Crippen LogP contribution in [0.15, 0.2) is 42.5 Å². The van der Waals surface area contributed by atoms with E-state index in [2.05, 4.69) is 36.2 Å². The van der Waals surface area contributed by atoms with Crippen molar-refractivity contribution in [3.05, 3.63) is 59.2 Å². The van der Waals surface area contributed by atoms with Crippen LogP contribution in [0.2, 0.25) is 0 Å². The molecular formula is C30H41N3O2. The number of hydrogen-bond donors (Lipinski definition) is 1. The fourth-order valence-electron chi connectivity index (χ4n) is 5.18. The van der Waals surface area contributed by atoms with Crippen LogP contribution >= 0.6 is 0 Å². The number of unbranched alkanes of at least 4 members (excludes halogenated alkanes) is 3. The number of carbonyl (C=O) groups is 2. The Morgan fingerprint density at radius 2 is 1.63 bits per heavy atom. The fraction of sp³-hybridized carbons (Fsp3) is 0.533. The van der Waals surface area contributed by atoms with Crippen LogP contribution in [-0.2, 0) is 6.42 Å². The number of anilines is 2. The Bertz CT molecular complexity index is 987. The minimum atomic E-state index is -0.137. The van der Waals surface area contributed by atoms with Gasteiger partial charge in [0.15, 0.2) is 0 Å². The molecule has 2 aromatic carbocycles. The van der Waals surface area contributed by atoms with Crippen molar-refractivity contribution in [1.29, 1.82) is 0 Å². The van der Waals surface area contributed by atoms with Gasteiger partial charge in [-0.25, -0.2) is 0 Å². The molecule has 2 heterocycles. The lowest BCUT2D eigenvalue weighted by Gasteiger charge is -2.34. The maximum absolute atomic E-state index is 13.4. The molecule has 2 aromatic rings. The van der Waals surface area contributed by atoms with Crippen molar-refractivity contribution in [1.82, 2.24) is 4.90 Å². The zero-order valence-electron chi connectivity index (χ0n) is 21.5. The molecule has 0 bridgehead atoms. The van der Waals surface area contributed by atoms with E-state index in [1.807, 2.05) is 35.2 Å². The van der Waals surface area contributed by atoms with Crippen LogP contribution in [0.4, 0.5) is 11.4 Å². The van der Waals surface area contributed by atoms with Crippen molar-refractivity contribution >= 4 is 23.2 Å². The third-order valence-corrected chi connectivity index (χ3v) is 7.54. The van der Waals surface area contributed by atoms with Crippen LogP contribution in [0.5, 0.6) is 0 Å². The largest absolute Gasteiger partial charge is 0.371 e. The first-order valence-corrected chi connectivity index (χ1v) is 13.6. The van der Waals surface area contributed by atoms with Gasteiger partial charge >= 0.3 is 0 Å². The average Bonchev–Trinajstić information content (AvgIpc) is 3.42. The Hall–Kier alpha value is -2.82. The van der Waals surface area contributed by atoms with E-state index < -0.39 is 0 Å². The number of rotatable bonds is 9. The second-order valence-electron chi connectivity index (χ2n) is 10.4. The number of carbonyl (C=O) groups excluding carboxylic acids is 2. The first kappa shape index (κ1) is 25.3. The zero-order valence-corrected chi connectivity index (χ0v) is 21.5. The molecule has 2 aliphatic rings. The summed E-state index contributed by atoms with van der Waals surface area (Å²) < 4.78 is 0. The van der Waals surface area contributed by atoms with Crippen LogP contribution in [0.25, 0.3) is 0 Å². The first-order valence-electron chi connectivity index (χ1n) is 13.6. The van der Waals surface area contributed by atoms with Gasteiger partial charge in [0.25, 0.3) is 11.8 Å². The Labute approximate surface area is 210 Å². The molecule has 0 spiro atoms. The van der Waals surface area contributed by atoms with Gasteiger partial charge < -0.3 is 15.1 Å². The average molecular weight is 476 g/mol. The highest BCUT2D eigenvalue weighted by molar-refractivity contribution is 6.06. The molecule has 5 nitrogen and oxygen atoms in total. The lowest BCUT2D eigenvalue weighted by Crippen LogP contribution is -2.35. The van der Waals surface area contributed by atoms with Gasteiger partial charge in [-0.2, -0.15) is 0 Å². The molecule has 0 saturated carbocycles. The molecule has 0 aliphatic carbocycles. The summed E-state index contributed by atoms with van der Waals surface area (Å²) in [6.45, 7) is 8.09. The van der Waals surface area contributed by atoms with Gasteiger partial charge in [0.05, 0.1) is 5.56 Å². The predicted octanol–water partition coefficient (Wildman–Crippen LogP) is 6.53. The molecule has 4 rings (SSSR count). The lowest BCUT2D eigenvalue weighted by molar-refractivity contribution is 0.0793. The molecule has 0 aromatic heterocycles. The SMILES string of the molecule is CCCCCCc1ccc(C(=O)Nc2ccc(N3CCC(C)CC3)c(C(=O)N3CCCC3)c2)cc1. The van der Waals surface area contributed by atoms with Gasteiger partial charge in [-0.1, -0.05) is 45.2 Å². The summed E-state index contributed by atoms with van der Waals surface area (Å²) >= 11 is 0. The van der Waals surface area contributed by atoms with Crippen molar-refractivity contribution in [2.24, 2.45) is 5.92 Å². The van der Waals surface area contributed by atoms with Crippen molar-refractivity contribution < 1.29 is 9.59 Å². The number of nitrogens with zero attached hydrogens (tertiary/aromatic N) is 2. The summed E-state index contributed by atoms with van der Waals surface area (Å²) in [6.07, 6.45) is 10.4. The van der Waals surface area contributed by atoms with E-state index in [0.717, 1.165) is 69.9 Å². The minimum absolute atomic E-state index is 0.0830. The van der Waals surface area contributed by atoms with Gasteiger partial charge in [0.2, 0.25) is 0 Å². The number of aryl methyl sites for hydroxylation is 1. The van der Waals surface area contributed by atoms with Crippen molar-refractivity contribution in [3.8, 4) is 0 Å². The summed E-state index contributed by atoms with van der Waals surface area (Å²) in [5.41, 5.74) is 4.30. The normalized spacial score (nSPS) is 16.5. The molecule has 2 saturated heterocycles. The van der Waals surface area contributed by atoms with Gasteiger partial charge in [0, 0.05) is 43.1 Å². The third kappa shape index (κ3) is 6.65. The van der Waals surface area contributed by atoms with Crippen molar-refractivity contribution in [2.75, 3.05) is 36.4 Å². The molecule has 0 atom stereocenters. The summed E-state index contributed by atoms with van der Waals surface area (Å²) in [5, 5.41) is 3.03. The Morgan fingerprint density at radius 1 is 0.914 bits per heavy atom. The molecule has 5 heteroatoms. The molecule has 2 aliphatic heterocycles. The highest BCUT2D eigenvalue weighted by atomic mass is 16.2. The monoisotopic (exact) mass is 475 g/mol. The lowest BCUT2D eigenvalue weighted by atomic mass is 9.97. The summed E-state index contributed by atoms with van der Waals surface area (Å²) in [6, 6.07) is 13.8. The van der Waals surface area contributed by atoms with Crippen LogP contribution in [0, 0.1) is 5.92 Å². The van der Waals surface area contributed by atoms with Gasteiger partial charge in [-0.15, -0.1) is 0 Å². The minimum Gasteiger partial charge on any atom is -0.371 e. The van der Waals surface area contributed by atoms with E-state index in [-0.39, 0.29) is 11.8 Å². The number of hydrogen-bond acceptors (Lipinski definition) is 3. The standard InChI is InChI=1S/C30H41N3O2/c1-3-4-5-6-9-24-10-12-25(13-11-24)29(34)31-26-14-15-28(32-20-16-23(2)17-21-32)27(22-26)30(35)33-18-7-8-19-33/h10-15,22-23H,3-9,16-21H2,1-2H3,(H,31,34). The van der Waals surface area contributed by atoms with Crippen molar-refractivity contribution in [3.63, 3.8) is 0 Å². The van der Waals surface area contributed by atoms with Crippen LogP contribution in [0.1, 0.15) is 91.5 Å². The number of nitrogens with one attached hydrogen (secondary N) is 1. The van der Waals surface area contributed by atoms with E-state index in [1.165, 1.54) is 31.2 Å². The maximum Gasteiger partial charge on any atom is 0.256 e.